The van der Waals surface area contributed by atoms with Crippen molar-refractivity contribution in [2.45, 2.75) is 53.9 Å². The molecule has 1 amide bonds. The quantitative estimate of drug-likeness (QED) is 0.399. The highest BCUT2D eigenvalue weighted by molar-refractivity contribution is 5.88. The van der Waals surface area contributed by atoms with Gasteiger partial charge < -0.3 is 5.32 Å². The lowest BCUT2D eigenvalue weighted by atomic mass is 9.72. The van der Waals surface area contributed by atoms with Gasteiger partial charge in [-0.1, -0.05) is 61.3 Å². The maximum absolute atomic E-state index is 11.5. The second-order valence-corrected chi connectivity index (χ2v) is 7.34. The summed E-state index contributed by atoms with van der Waals surface area (Å²) in [6.07, 6.45) is 20.8. The molecule has 2 nitrogen and oxygen atoms in total. The van der Waals surface area contributed by atoms with E-state index in [4.69, 9.17) is 6.42 Å². The Morgan fingerprint density at radius 1 is 1.28 bits per heavy atom. The van der Waals surface area contributed by atoms with E-state index in [1.807, 2.05) is 19.1 Å². The van der Waals surface area contributed by atoms with Crippen molar-refractivity contribution in [1.29, 1.82) is 0 Å². The van der Waals surface area contributed by atoms with E-state index in [1.165, 1.54) is 36.0 Å². The number of hydrogen-bond acceptors (Lipinski definition) is 1. The van der Waals surface area contributed by atoms with Crippen LogP contribution in [0.25, 0.3) is 0 Å². The van der Waals surface area contributed by atoms with E-state index >= 15 is 0 Å². The first-order chi connectivity index (χ1) is 11.8. The number of amides is 1. The summed E-state index contributed by atoms with van der Waals surface area (Å²) in [5.74, 6) is 2.22. The summed E-state index contributed by atoms with van der Waals surface area (Å²) in [5.41, 5.74) is 5.31. The first kappa shape index (κ1) is 20.8. The van der Waals surface area contributed by atoms with Gasteiger partial charge in [-0.2, -0.15) is 0 Å². The third-order valence-corrected chi connectivity index (χ3v) is 4.50. The summed E-state index contributed by atoms with van der Waals surface area (Å²) in [7, 11) is 0. The highest BCUT2D eigenvalue weighted by Crippen LogP contribution is 2.40. The van der Waals surface area contributed by atoms with Crippen LogP contribution < -0.4 is 5.32 Å². The number of rotatable bonds is 6. The van der Waals surface area contributed by atoms with Crippen molar-refractivity contribution < 1.29 is 4.79 Å². The fraction of sp³-hybridized carbons (Fsp3) is 0.435. The van der Waals surface area contributed by atoms with E-state index in [-0.39, 0.29) is 17.9 Å². The molecule has 0 bridgehead atoms. The van der Waals surface area contributed by atoms with Crippen LogP contribution in [0.3, 0.4) is 0 Å². The lowest BCUT2D eigenvalue weighted by Crippen LogP contribution is -2.21. The van der Waals surface area contributed by atoms with Crippen molar-refractivity contribution in [2.75, 3.05) is 6.54 Å². The van der Waals surface area contributed by atoms with Crippen molar-refractivity contribution >= 4 is 5.91 Å². The lowest BCUT2D eigenvalue weighted by molar-refractivity contribution is -0.116. The number of hydrogen-bond donors (Lipinski definition) is 1. The Morgan fingerprint density at radius 2 is 2.00 bits per heavy atom. The largest absolute Gasteiger partial charge is 0.342 e. The molecule has 1 rings (SSSR count). The maximum atomic E-state index is 11.5. The van der Waals surface area contributed by atoms with E-state index in [0.717, 1.165) is 5.57 Å². The van der Waals surface area contributed by atoms with Crippen LogP contribution in [-0.4, -0.2) is 12.5 Å². The summed E-state index contributed by atoms with van der Waals surface area (Å²) < 4.78 is 0. The molecule has 0 atom stereocenters. The van der Waals surface area contributed by atoms with Gasteiger partial charge in [0.05, 0.1) is 6.54 Å². The van der Waals surface area contributed by atoms with E-state index in [1.54, 1.807) is 6.08 Å². The Bertz CT molecular complexity index is 675. The Morgan fingerprint density at radius 3 is 2.64 bits per heavy atom. The van der Waals surface area contributed by atoms with Crippen LogP contribution in [0.4, 0.5) is 0 Å². The van der Waals surface area contributed by atoms with Crippen LogP contribution in [0.15, 0.2) is 58.7 Å². The summed E-state index contributed by atoms with van der Waals surface area (Å²) in [6.45, 7) is 11.1. The molecule has 0 aliphatic heterocycles. The van der Waals surface area contributed by atoms with Crippen molar-refractivity contribution in [3.05, 3.63) is 58.7 Å². The van der Waals surface area contributed by atoms with Gasteiger partial charge in [0.25, 0.3) is 0 Å². The highest BCUT2D eigenvalue weighted by atomic mass is 16.1. The average molecular weight is 338 g/mol. The second-order valence-electron chi connectivity index (χ2n) is 7.34. The van der Waals surface area contributed by atoms with Crippen LogP contribution in [0.2, 0.25) is 0 Å². The lowest BCUT2D eigenvalue weighted by Gasteiger charge is -2.32. The standard InChI is InChI=1S/C23H31NO/c1-7-16-24-22(25)17-19(3)11-8-10-18(2)13-14-21-20(4)12-9-15-23(21,5)6/h1,8,10-11,13-14,17H,9,12,15-16H2,2-6H3,(H,24,25)/b11-8+,14-13+,18-10+,19-17+. The predicted molar refractivity (Wildman–Crippen MR) is 108 cm³/mol. The molecule has 0 aromatic heterocycles. The van der Waals surface area contributed by atoms with Gasteiger partial charge in [-0.05, 0) is 56.6 Å². The zero-order valence-electron chi connectivity index (χ0n) is 16.3. The molecule has 0 radical (unpaired) electrons. The van der Waals surface area contributed by atoms with Crippen LogP contribution in [0.1, 0.15) is 53.9 Å². The van der Waals surface area contributed by atoms with Crippen molar-refractivity contribution in [3.8, 4) is 12.3 Å². The van der Waals surface area contributed by atoms with Gasteiger partial charge in [0.15, 0.2) is 0 Å². The van der Waals surface area contributed by atoms with E-state index in [0.29, 0.717) is 0 Å². The van der Waals surface area contributed by atoms with E-state index < -0.39 is 0 Å². The Balaban J connectivity index is 2.71. The van der Waals surface area contributed by atoms with Gasteiger partial charge in [-0.25, -0.2) is 0 Å². The molecule has 1 aliphatic carbocycles. The minimum absolute atomic E-state index is 0.164. The molecular weight excluding hydrogens is 306 g/mol. The zero-order chi connectivity index (χ0) is 18.9. The monoisotopic (exact) mass is 337 g/mol. The number of carbonyl (C=O) groups excluding carboxylic acids is 1. The minimum Gasteiger partial charge on any atom is -0.342 e. The second kappa shape index (κ2) is 9.89. The van der Waals surface area contributed by atoms with Crippen LogP contribution in [-0.2, 0) is 4.79 Å². The molecule has 0 aromatic rings. The summed E-state index contributed by atoms with van der Waals surface area (Å²) in [6, 6.07) is 0. The predicted octanol–water partition coefficient (Wildman–Crippen LogP) is 5.27. The third-order valence-electron chi connectivity index (χ3n) is 4.50. The van der Waals surface area contributed by atoms with Gasteiger partial charge in [0, 0.05) is 6.08 Å². The molecule has 0 heterocycles. The molecule has 2 heteroatoms. The summed E-state index contributed by atoms with van der Waals surface area (Å²) >= 11 is 0. The fourth-order valence-electron chi connectivity index (χ4n) is 3.08. The molecule has 0 fully saturated rings. The Kier molecular flexibility index (Phi) is 8.22. The number of allylic oxidation sites excluding steroid dienone is 9. The molecular formula is C23H31NO. The average Bonchev–Trinajstić information content (AvgIpc) is 2.51. The van der Waals surface area contributed by atoms with Gasteiger partial charge in [-0.15, -0.1) is 6.42 Å². The zero-order valence-corrected chi connectivity index (χ0v) is 16.3. The first-order valence-corrected chi connectivity index (χ1v) is 8.89. The van der Waals surface area contributed by atoms with Gasteiger partial charge >= 0.3 is 0 Å². The Labute approximate surface area is 153 Å². The van der Waals surface area contributed by atoms with Crippen molar-refractivity contribution in [3.63, 3.8) is 0 Å². The third kappa shape index (κ3) is 7.44. The van der Waals surface area contributed by atoms with Crippen LogP contribution in [0.5, 0.6) is 0 Å². The molecule has 0 saturated carbocycles. The summed E-state index contributed by atoms with van der Waals surface area (Å²) in [4.78, 5) is 11.5. The van der Waals surface area contributed by atoms with Gasteiger partial charge in [-0.3, -0.25) is 4.79 Å². The molecule has 25 heavy (non-hydrogen) atoms. The molecule has 1 aliphatic rings. The topological polar surface area (TPSA) is 29.1 Å². The SMILES string of the molecule is C#CCNC(=O)/C=C(C)/C=C/C=C(C)/C=C/C1=C(C)CCCC1(C)C. The molecule has 0 spiro atoms. The van der Waals surface area contributed by atoms with Crippen LogP contribution in [0, 0.1) is 17.8 Å². The van der Waals surface area contributed by atoms with Gasteiger partial charge in [0.2, 0.25) is 5.91 Å². The normalized spacial score (nSPS) is 18.7. The smallest absolute Gasteiger partial charge is 0.244 e. The molecule has 0 unspecified atom stereocenters. The molecule has 134 valence electrons. The molecule has 0 aromatic carbocycles. The molecule has 1 N–H and O–H groups in total. The minimum atomic E-state index is -0.164. The van der Waals surface area contributed by atoms with E-state index in [9.17, 15) is 4.79 Å². The van der Waals surface area contributed by atoms with E-state index in [2.05, 4.69) is 57.2 Å². The number of carbonyl (C=O) groups is 1. The number of nitrogens with one attached hydrogen (secondary N) is 1. The number of terminal acetylenes is 1. The fourth-order valence-corrected chi connectivity index (χ4v) is 3.08. The maximum Gasteiger partial charge on any atom is 0.244 e. The summed E-state index contributed by atoms with van der Waals surface area (Å²) in [5, 5.41) is 2.61. The van der Waals surface area contributed by atoms with Crippen molar-refractivity contribution in [2.24, 2.45) is 5.41 Å². The van der Waals surface area contributed by atoms with Gasteiger partial charge in [0.1, 0.15) is 0 Å². The molecule has 0 saturated heterocycles. The van der Waals surface area contributed by atoms with Crippen LogP contribution >= 0.6 is 0 Å². The Hall–Kier alpha value is -2.27. The highest BCUT2D eigenvalue weighted by Gasteiger charge is 2.26. The van der Waals surface area contributed by atoms with Crippen molar-refractivity contribution in [1.82, 2.24) is 5.32 Å². The first-order valence-electron chi connectivity index (χ1n) is 8.89.